The van der Waals surface area contributed by atoms with Crippen molar-refractivity contribution in [3.05, 3.63) is 35.4 Å². The van der Waals surface area contributed by atoms with Gasteiger partial charge in [0.2, 0.25) is 5.91 Å². The van der Waals surface area contributed by atoms with E-state index in [2.05, 4.69) is 5.32 Å². The van der Waals surface area contributed by atoms with Crippen molar-refractivity contribution in [1.29, 1.82) is 0 Å². The molecule has 1 aromatic carbocycles. The first-order valence-corrected chi connectivity index (χ1v) is 7.99. The second-order valence-electron chi connectivity index (χ2n) is 6.20. The summed E-state index contributed by atoms with van der Waals surface area (Å²) < 4.78 is 10.7. The van der Waals surface area contributed by atoms with E-state index in [1.807, 2.05) is 18.2 Å². The standard InChI is InChI=1S/C17H22N2O4/c18-16(21)17(5-8-22-9-6-17)19-15(20)13-3-1-2-12(10-13)14-4-7-23-11-14/h1-3,10,14H,4-9,11H2,(H2,18,21)(H,19,20). The van der Waals surface area contributed by atoms with Crippen LogP contribution in [0.2, 0.25) is 0 Å². The highest BCUT2D eigenvalue weighted by molar-refractivity contribution is 5.99. The summed E-state index contributed by atoms with van der Waals surface area (Å²) >= 11 is 0. The molecule has 2 aliphatic heterocycles. The largest absolute Gasteiger partial charge is 0.381 e. The van der Waals surface area contributed by atoms with Gasteiger partial charge in [0.25, 0.3) is 5.91 Å². The van der Waals surface area contributed by atoms with Gasteiger partial charge >= 0.3 is 0 Å². The van der Waals surface area contributed by atoms with Gasteiger partial charge in [0, 0.05) is 44.1 Å². The topological polar surface area (TPSA) is 90.7 Å². The summed E-state index contributed by atoms with van der Waals surface area (Å²) in [7, 11) is 0. The van der Waals surface area contributed by atoms with Crippen molar-refractivity contribution in [1.82, 2.24) is 5.32 Å². The first-order valence-electron chi connectivity index (χ1n) is 7.99. The van der Waals surface area contributed by atoms with Gasteiger partial charge in [0.1, 0.15) is 5.54 Å². The van der Waals surface area contributed by atoms with E-state index in [9.17, 15) is 9.59 Å². The molecule has 0 radical (unpaired) electrons. The molecule has 0 saturated carbocycles. The van der Waals surface area contributed by atoms with Crippen LogP contribution in [0.3, 0.4) is 0 Å². The van der Waals surface area contributed by atoms with E-state index in [4.69, 9.17) is 15.2 Å². The Morgan fingerprint density at radius 1 is 1.17 bits per heavy atom. The molecule has 2 saturated heterocycles. The van der Waals surface area contributed by atoms with E-state index < -0.39 is 11.4 Å². The molecule has 1 atom stereocenters. The fraction of sp³-hybridized carbons (Fsp3) is 0.529. The molecule has 0 aliphatic carbocycles. The molecule has 124 valence electrons. The van der Waals surface area contributed by atoms with Crippen LogP contribution in [0.5, 0.6) is 0 Å². The Kier molecular flexibility index (Phi) is 4.63. The molecule has 0 spiro atoms. The molecule has 3 N–H and O–H groups in total. The highest BCUT2D eigenvalue weighted by Gasteiger charge is 2.40. The number of carbonyl (C=O) groups excluding carboxylic acids is 2. The molecule has 2 aliphatic rings. The lowest BCUT2D eigenvalue weighted by molar-refractivity contribution is -0.127. The van der Waals surface area contributed by atoms with Crippen molar-refractivity contribution in [3.63, 3.8) is 0 Å². The minimum Gasteiger partial charge on any atom is -0.381 e. The molecule has 1 unspecified atom stereocenters. The monoisotopic (exact) mass is 318 g/mol. The van der Waals surface area contributed by atoms with Gasteiger partial charge in [-0.15, -0.1) is 0 Å². The van der Waals surface area contributed by atoms with Crippen molar-refractivity contribution in [3.8, 4) is 0 Å². The van der Waals surface area contributed by atoms with Gasteiger partial charge < -0.3 is 20.5 Å². The number of carbonyl (C=O) groups is 2. The van der Waals surface area contributed by atoms with E-state index in [1.165, 1.54) is 0 Å². The summed E-state index contributed by atoms with van der Waals surface area (Å²) in [6.45, 7) is 2.28. The molecule has 0 bridgehead atoms. The molecule has 2 heterocycles. The van der Waals surface area contributed by atoms with E-state index in [-0.39, 0.29) is 5.91 Å². The Labute approximate surface area is 135 Å². The summed E-state index contributed by atoms with van der Waals surface area (Å²) in [5.41, 5.74) is 6.16. The zero-order valence-electron chi connectivity index (χ0n) is 13.0. The van der Waals surface area contributed by atoms with E-state index in [0.717, 1.165) is 18.6 Å². The Bertz CT molecular complexity index is 590. The van der Waals surface area contributed by atoms with Gasteiger partial charge in [-0.1, -0.05) is 12.1 Å². The van der Waals surface area contributed by atoms with E-state index in [0.29, 0.717) is 44.1 Å². The Morgan fingerprint density at radius 3 is 2.61 bits per heavy atom. The third-order valence-corrected chi connectivity index (χ3v) is 4.72. The lowest BCUT2D eigenvalue weighted by Gasteiger charge is -2.35. The third-order valence-electron chi connectivity index (χ3n) is 4.72. The fourth-order valence-electron chi connectivity index (χ4n) is 3.17. The van der Waals surface area contributed by atoms with Gasteiger partial charge in [-0.2, -0.15) is 0 Å². The minimum absolute atomic E-state index is 0.272. The van der Waals surface area contributed by atoms with Gasteiger partial charge in [0.15, 0.2) is 0 Å². The van der Waals surface area contributed by atoms with Crippen LogP contribution in [0, 0.1) is 0 Å². The number of rotatable bonds is 4. The normalized spacial score (nSPS) is 23.4. The van der Waals surface area contributed by atoms with Gasteiger partial charge in [0.05, 0.1) is 6.61 Å². The Hall–Kier alpha value is -1.92. The smallest absolute Gasteiger partial charge is 0.252 e. The quantitative estimate of drug-likeness (QED) is 0.865. The lowest BCUT2D eigenvalue weighted by Crippen LogP contribution is -2.60. The maximum Gasteiger partial charge on any atom is 0.252 e. The SMILES string of the molecule is NC(=O)C1(NC(=O)c2cccc(C3CCOC3)c2)CCOCC1. The summed E-state index contributed by atoms with van der Waals surface area (Å²) in [6.07, 6.45) is 1.78. The second-order valence-corrected chi connectivity index (χ2v) is 6.20. The summed E-state index contributed by atoms with van der Waals surface area (Å²) in [4.78, 5) is 24.5. The average Bonchev–Trinajstić information content (AvgIpc) is 3.10. The number of nitrogens with two attached hydrogens (primary N) is 1. The number of nitrogens with one attached hydrogen (secondary N) is 1. The fourth-order valence-corrected chi connectivity index (χ4v) is 3.17. The molecular weight excluding hydrogens is 296 g/mol. The molecule has 0 aromatic heterocycles. The highest BCUT2D eigenvalue weighted by Crippen LogP contribution is 2.26. The zero-order valence-corrected chi connectivity index (χ0v) is 13.0. The zero-order chi connectivity index (χ0) is 16.3. The Morgan fingerprint density at radius 2 is 1.96 bits per heavy atom. The summed E-state index contributed by atoms with van der Waals surface area (Å²) in [5, 5.41) is 2.84. The predicted octanol–water partition coefficient (Wildman–Crippen LogP) is 0.955. The molecular formula is C17H22N2O4. The molecule has 2 fully saturated rings. The number of hydrogen-bond donors (Lipinski definition) is 2. The number of ether oxygens (including phenoxy) is 2. The predicted molar refractivity (Wildman–Crippen MR) is 84.1 cm³/mol. The van der Waals surface area contributed by atoms with Gasteiger partial charge in [-0.05, 0) is 24.1 Å². The van der Waals surface area contributed by atoms with Gasteiger partial charge in [-0.3, -0.25) is 9.59 Å². The molecule has 1 aromatic rings. The number of amides is 2. The Balaban J connectivity index is 1.77. The van der Waals surface area contributed by atoms with Crippen LogP contribution in [-0.4, -0.2) is 43.8 Å². The van der Waals surface area contributed by atoms with Crippen LogP contribution in [-0.2, 0) is 14.3 Å². The first-order chi connectivity index (χ1) is 11.1. The van der Waals surface area contributed by atoms with Crippen molar-refractivity contribution >= 4 is 11.8 Å². The van der Waals surface area contributed by atoms with Gasteiger partial charge in [-0.25, -0.2) is 0 Å². The maximum absolute atomic E-state index is 12.6. The summed E-state index contributed by atoms with van der Waals surface area (Å²) in [5.74, 6) is -0.447. The van der Waals surface area contributed by atoms with Crippen molar-refractivity contribution in [2.75, 3.05) is 26.4 Å². The lowest BCUT2D eigenvalue weighted by atomic mass is 9.88. The van der Waals surface area contributed by atoms with Crippen LogP contribution < -0.4 is 11.1 Å². The number of hydrogen-bond acceptors (Lipinski definition) is 4. The van der Waals surface area contributed by atoms with Crippen molar-refractivity contribution in [2.24, 2.45) is 5.73 Å². The number of benzene rings is 1. The third kappa shape index (κ3) is 3.38. The van der Waals surface area contributed by atoms with E-state index >= 15 is 0 Å². The molecule has 23 heavy (non-hydrogen) atoms. The molecule has 3 rings (SSSR count). The van der Waals surface area contributed by atoms with Crippen molar-refractivity contribution < 1.29 is 19.1 Å². The van der Waals surface area contributed by atoms with Crippen LogP contribution in [0.1, 0.15) is 41.1 Å². The van der Waals surface area contributed by atoms with Crippen LogP contribution in [0.15, 0.2) is 24.3 Å². The molecule has 2 amide bonds. The van der Waals surface area contributed by atoms with Crippen LogP contribution in [0.25, 0.3) is 0 Å². The highest BCUT2D eigenvalue weighted by atomic mass is 16.5. The summed E-state index contributed by atoms with van der Waals surface area (Å²) in [6, 6.07) is 7.50. The second kappa shape index (κ2) is 6.68. The van der Waals surface area contributed by atoms with Crippen LogP contribution >= 0.6 is 0 Å². The van der Waals surface area contributed by atoms with Crippen LogP contribution in [0.4, 0.5) is 0 Å². The van der Waals surface area contributed by atoms with E-state index in [1.54, 1.807) is 6.07 Å². The minimum atomic E-state index is -1.01. The average molecular weight is 318 g/mol. The molecule has 6 nitrogen and oxygen atoms in total. The van der Waals surface area contributed by atoms with Crippen molar-refractivity contribution in [2.45, 2.75) is 30.7 Å². The number of primary amides is 1. The first kappa shape index (κ1) is 16.0. The maximum atomic E-state index is 12.6. The molecule has 6 heteroatoms.